The molecule has 4 aromatic rings. The van der Waals surface area contributed by atoms with Crippen molar-refractivity contribution in [2.45, 2.75) is 36.8 Å². The van der Waals surface area contributed by atoms with Gasteiger partial charge in [0.2, 0.25) is 0 Å². The van der Waals surface area contributed by atoms with E-state index in [1.54, 1.807) is 14.2 Å². The number of nitrogens with zero attached hydrogens (tertiary/aromatic N) is 2. The second-order valence-electron chi connectivity index (χ2n) is 8.75. The molecule has 1 saturated carbocycles. The molecule has 36 heavy (non-hydrogen) atoms. The number of thioether (sulfide) groups is 1. The molecule has 0 bridgehead atoms. The van der Waals surface area contributed by atoms with Crippen LogP contribution in [-0.2, 0) is 9.53 Å². The maximum Gasteiger partial charge on any atom is 0.305 e. The van der Waals surface area contributed by atoms with Crippen LogP contribution in [-0.4, -0.2) is 43.0 Å². The molecule has 0 aliphatic heterocycles. The molecule has 5 rings (SSSR count). The van der Waals surface area contributed by atoms with E-state index in [4.69, 9.17) is 24.2 Å². The molecule has 1 aliphatic carbocycles. The number of carbonyl (C=O) groups excluding carboxylic acids is 1. The monoisotopic (exact) mass is 503 g/mol. The Morgan fingerprint density at radius 3 is 2.44 bits per heavy atom. The maximum absolute atomic E-state index is 11.5. The highest BCUT2D eigenvalue weighted by Crippen LogP contribution is 2.45. The molecule has 3 aromatic carbocycles. The van der Waals surface area contributed by atoms with Gasteiger partial charge in [0.25, 0.3) is 0 Å². The zero-order chi connectivity index (χ0) is 25.1. The second kappa shape index (κ2) is 10.6. The summed E-state index contributed by atoms with van der Waals surface area (Å²) in [4.78, 5) is 21.1. The largest absolute Gasteiger partial charge is 0.493 e. The third-order valence-electron chi connectivity index (χ3n) is 6.39. The third kappa shape index (κ3) is 5.04. The van der Waals surface area contributed by atoms with Crippen molar-refractivity contribution >= 4 is 50.9 Å². The van der Waals surface area contributed by atoms with Gasteiger partial charge < -0.3 is 19.5 Å². The zero-order valence-electron chi connectivity index (χ0n) is 20.7. The van der Waals surface area contributed by atoms with Gasteiger partial charge in [-0.25, -0.2) is 9.97 Å². The minimum Gasteiger partial charge on any atom is -0.493 e. The number of anilines is 2. The fourth-order valence-electron chi connectivity index (χ4n) is 4.39. The molecular formula is C28H29N3O4S. The smallest absolute Gasteiger partial charge is 0.305 e. The highest BCUT2D eigenvalue weighted by atomic mass is 32.2. The molecular weight excluding hydrogens is 474 g/mol. The Bertz CT molecular complexity index is 1420. The molecule has 0 radical (unpaired) electrons. The Hall–Kier alpha value is -3.52. The van der Waals surface area contributed by atoms with E-state index < -0.39 is 0 Å². The minimum absolute atomic E-state index is 0.212. The van der Waals surface area contributed by atoms with Crippen molar-refractivity contribution in [1.29, 1.82) is 0 Å². The molecule has 0 spiro atoms. The SMILES string of the molecule is COC(=O)CCCSc1nc(Nc2ccc(C3CC3)c3ccccc23)c2cc(OC)c(OC)cc2n1. The van der Waals surface area contributed by atoms with E-state index in [2.05, 4.69) is 41.7 Å². The van der Waals surface area contributed by atoms with Gasteiger partial charge in [0.1, 0.15) is 5.82 Å². The number of ether oxygens (including phenoxy) is 3. The molecule has 1 fully saturated rings. The summed E-state index contributed by atoms with van der Waals surface area (Å²) >= 11 is 1.51. The predicted molar refractivity (Wildman–Crippen MR) is 144 cm³/mol. The van der Waals surface area contributed by atoms with Gasteiger partial charge in [-0.15, -0.1) is 0 Å². The van der Waals surface area contributed by atoms with Gasteiger partial charge in [-0.2, -0.15) is 0 Å². The lowest BCUT2D eigenvalue weighted by Gasteiger charge is -2.16. The Morgan fingerprint density at radius 2 is 1.72 bits per heavy atom. The molecule has 8 heteroatoms. The molecule has 0 amide bonds. The summed E-state index contributed by atoms with van der Waals surface area (Å²) in [6, 6.07) is 16.7. The first-order valence-corrected chi connectivity index (χ1v) is 13.0. The van der Waals surface area contributed by atoms with E-state index in [9.17, 15) is 4.79 Å². The second-order valence-corrected chi connectivity index (χ2v) is 9.82. The Kier molecular flexibility index (Phi) is 7.13. The van der Waals surface area contributed by atoms with Crippen LogP contribution >= 0.6 is 11.8 Å². The standard InChI is InChI=1S/C28H29N3O4S/c1-33-24-15-21-23(16-25(24)34-2)30-28(36-14-6-9-26(32)35-3)31-27(21)29-22-13-12-18(17-10-11-17)19-7-4-5-8-20(19)22/h4-5,7-8,12-13,15-17H,6,9-11,14H2,1-3H3,(H,29,30,31). The van der Waals surface area contributed by atoms with E-state index in [1.165, 1.54) is 48.0 Å². The van der Waals surface area contributed by atoms with Crippen molar-refractivity contribution in [3.63, 3.8) is 0 Å². The van der Waals surface area contributed by atoms with Crippen LogP contribution in [0.5, 0.6) is 11.5 Å². The van der Waals surface area contributed by atoms with Crippen molar-refractivity contribution in [2.24, 2.45) is 0 Å². The lowest BCUT2D eigenvalue weighted by molar-refractivity contribution is -0.140. The van der Waals surface area contributed by atoms with Crippen LogP contribution in [0.3, 0.4) is 0 Å². The predicted octanol–water partition coefficient (Wildman–Crippen LogP) is 6.47. The average Bonchev–Trinajstić information content (AvgIpc) is 3.75. The van der Waals surface area contributed by atoms with Gasteiger partial charge >= 0.3 is 5.97 Å². The number of benzene rings is 3. The Balaban J connectivity index is 1.54. The van der Waals surface area contributed by atoms with Gasteiger partial charge in [-0.05, 0) is 48.3 Å². The summed E-state index contributed by atoms with van der Waals surface area (Å²) in [5.41, 5.74) is 3.16. The average molecular weight is 504 g/mol. The molecule has 1 heterocycles. The summed E-state index contributed by atoms with van der Waals surface area (Å²) in [7, 11) is 4.63. The number of esters is 1. The number of fused-ring (bicyclic) bond motifs is 2. The molecule has 1 aromatic heterocycles. The molecule has 186 valence electrons. The number of carbonyl (C=O) groups is 1. The van der Waals surface area contributed by atoms with Gasteiger partial charge in [0, 0.05) is 34.7 Å². The lowest BCUT2D eigenvalue weighted by atomic mass is 9.99. The van der Waals surface area contributed by atoms with E-state index in [0.717, 1.165) is 16.6 Å². The first kappa shape index (κ1) is 24.2. The van der Waals surface area contributed by atoms with Gasteiger partial charge in [0.05, 0.1) is 26.8 Å². The summed E-state index contributed by atoms with van der Waals surface area (Å²) < 4.78 is 15.8. The minimum atomic E-state index is -0.212. The van der Waals surface area contributed by atoms with Crippen LogP contribution in [0.4, 0.5) is 11.5 Å². The number of nitrogens with one attached hydrogen (secondary N) is 1. The van der Waals surface area contributed by atoms with Crippen LogP contribution in [0.1, 0.15) is 37.2 Å². The quantitative estimate of drug-likeness (QED) is 0.114. The first-order chi connectivity index (χ1) is 17.6. The summed E-state index contributed by atoms with van der Waals surface area (Å²) in [5, 5.41) is 7.50. The van der Waals surface area contributed by atoms with E-state index >= 15 is 0 Å². The van der Waals surface area contributed by atoms with Crippen LogP contribution in [0.15, 0.2) is 53.7 Å². The van der Waals surface area contributed by atoms with E-state index in [0.29, 0.717) is 47.0 Å². The number of methoxy groups -OCH3 is 3. The summed E-state index contributed by atoms with van der Waals surface area (Å²) in [6.07, 6.45) is 3.56. The maximum atomic E-state index is 11.5. The van der Waals surface area contributed by atoms with Gasteiger partial charge in [-0.3, -0.25) is 4.79 Å². The topological polar surface area (TPSA) is 82.6 Å². The molecule has 7 nitrogen and oxygen atoms in total. The van der Waals surface area contributed by atoms with Crippen LogP contribution < -0.4 is 14.8 Å². The van der Waals surface area contributed by atoms with Crippen LogP contribution in [0.25, 0.3) is 21.7 Å². The van der Waals surface area contributed by atoms with Crippen molar-refractivity contribution in [2.75, 3.05) is 32.4 Å². The van der Waals surface area contributed by atoms with Crippen LogP contribution in [0.2, 0.25) is 0 Å². The first-order valence-electron chi connectivity index (χ1n) is 12.0. The number of aromatic nitrogens is 2. The Morgan fingerprint density at radius 1 is 0.972 bits per heavy atom. The lowest BCUT2D eigenvalue weighted by Crippen LogP contribution is -2.02. The third-order valence-corrected chi connectivity index (χ3v) is 7.33. The number of hydrogen-bond acceptors (Lipinski definition) is 8. The fourth-order valence-corrected chi connectivity index (χ4v) is 5.18. The normalized spacial score (nSPS) is 13.1. The zero-order valence-corrected chi connectivity index (χ0v) is 21.5. The number of hydrogen-bond donors (Lipinski definition) is 1. The highest BCUT2D eigenvalue weighted by molar-refractivity contribution is 7.99. The van der Waals surface area contributed by atoms with Gasteiger partial charge in [-0.1, -0.05) is 42.1 Å². The summed E-state index contributed by atoms with van der Waals surface area (Å²) in [6.45, 7) is 0. The van der Waals surface area contributed by atoms with E-state index in [-0.39, 0.29) is 5.97 Å². The van der Waals surface area contributed by atoms with Crippen molar-refractivity contribution in [3.05, 3.63) is 54.1 Å². The number of rotatable bonds is 10. The summed E-state index contributed by atoms with van der Waals surface area (Å²) in [5.74, 6) is 3.07. The van der Waals surface area contributed by atoms with Gasteiger partial charge in [0.15, 0.2) is 16.7 Å². The van der Waals surface area contributed by atoms with Crippen molar-refractivity contribution in [1.82, 2.24) is 9.97 Å². The molecule has 0 unspecified atom stereocenters. The Labute approximate surface area is 214 Å². The highest BCUT2D eigenvalue weighted by Gasteiger charge is 2.25. The van der Waals surface area contributed by atoms with Crippen molar-refractivity contribution < 1.29 is 19.0 Å². The molecule has 0 saturated heterocycles. The van der Waals surface area contributed by atoms with Crippen molar-refractivity contribution in [3.8, 4) is 11.5 Å². The fraction of sp³-hybridized carbons (Fsp3) is 0.321. The molecule has 0 atom stereocenters. The molecule has 1 aliphatic rings. The molecule has 1 N–H and O–H groups in total. The van der Waals surface area contributed by atoms with E-state index in [1.807, 2.05) is 12.1 Å². The van der Waals surface area contributed by atoms with Crippen LogP contribution in [0, 0.1) is 0 Å².